The van der Waals surface area contributed by atoms with E-state index in [-0.39, 0.29) is 5.02 Å². The van der Waals surface area contributed by atoms with E-state index in [1.54, 1.807) is 6.07 Å². The molecule has 0 fully saturated rings. The second kappa shape index (κ2) is 4.93. The van der Waals surface area contributed by atoms with Gasteiger partial charge in [-0.1, -0.05) is 11.6 Å². The van der Waals surface area contributed by atoms with Gasteiger partial charge in [0.05, 0.1) is 16.3 Å². The summed E-state index contributed by atoms with van der Waals surface area (Å²) < 4.78 is 18.8. The van der Waals surface area contributed by atoms with Gasteiger partial charge in [0.1, 0.15) is 17.3 Å². The lowest BCUT2D eigenvalue weighted by atomic mass is 10.0. The summed E-state index contributed by atoms with van der Waals surface area (Å²) in [4.78, 5) is 0. The van der Waals surface area contributed by atoms with Crippen molar-refractivity contribution in [1.82, 2.24) is 10.2 Å². The van der Waals surface area contributed by atoms with Gasteiger partial charge in [0, 0.05) is 11.1 Å². The molecule has 6 heteroatoms. The lowest BCUT2D eigenvalue weighted by Crippen LogP contribution is -1.90. The molecule has 0 unspecified atom stereocenters. The first-order valence-electron chi connectivity index (χ1n) is 6.34. The van der Waals surface area contributed by atoms with E-state index in [1.807, 2.05) is 19.9 Å². The third kappa shape index (κ3) is 2.29. The molecule has 3 rings (SSSR count). The van der Waals surface area contributed by atoms with E-state index in [1.165, 1.54) is 12.1 Å². The molecule has 108 valence electrons. The molecule has 2 heterocycles. The zero-order valence-electron chi connectivity index (χ0n) is 11.5. The minimum atomic E-state index is -0.400. The van der Waals surface area contributed by atoms with Crippen LogP contribution < -0.4 is 5.73 Å². The summed E-state index contributed by atoms with van der Waals surface area (Å²) in [5, 5.41) is 7.22. The Morgan fingerprint density at radius 3 is 2.62 bits per heavy atom. The molecule has 21 heavy (non-hydrogen) atoms. The highest BCUT2D eigenvalue weighted by molar-refractivity contribution is 6.33. The number of nitrogens with one attached hydrogen (secondary N) is 1. The molecule has 0 bridgehead atoms. The number of aromatic amines is 1. The van der Waals surface area contributed by atoms with Gasteiger partial charge in [0.15, 0.2) is 5.82 Å². The van der Waals surface area contributed by atoms with Gasteiger partial charge < -0.3 is 10.2 Å². The number of furan rings is 1. The van der Waals surface area contributed by atoms with Gasteiger partial charge in [0.25, 0.3) is 0 Å². The Hall–Kier alpha value is -2.27. The van der Waals surface area contributed by atoms with Gasteiger partial charge in [-0.25, -0.2) is 4.39 Å². The Bertz CT molecular complexity index is 822. The molecule has 0 aliphatic rings. The molecule has 0 aliphatic carbocycles. The second-order valence-corrected chi connectivity index (χ2v) is 5.22. The fourth-order valence-corrected chi connectivity index (χ4v) is 2.66. The van der Waals surface area contributed by atoms with E-state index >= 15 is 0 Å². The largest absolute Gasteiger partial charge is 0.466 e. The van der Waals surface area contributed by atoms with Crippen molar-refractivity contribution in [3.63, 3.8) is 0 Å². The van der Waals surface area contributed by atoms with Gasteiger partial charge in [-0.3, -0.25) is 5.10 Å². The molecule has 3 N–H and O–H groups in total. The van der Waals surface area contributed by atoms with E-state index in [9.17, 15) is 4.39 Å². The molecule has 0 atom stereocenters. The number of benzene rings is 1. The highest BCUT2D eigenvalue weighted by Crippen LogP contribution is 2.40. The van der Waals surface area contributed by atoms with Crippen LogP contribution in [0.15, 0.2) is 28.7 Å². The van der Waals surface area contributed by atoms with Crippen LogP contribution in [0, 0.1) is 19.7 Å². The number of nitrogen functional groups attached to an aromatic ring is 1. The number of nitrogens with two attached hydrogens (primary N) is 1. The second-order valence-electron chi connectivity index (χ2n) is 4.81. The van der Waals surface area contributed by atoms with Crippen molar-refractivity contribution in [2.45, 2.75) is 13.8 Å². The Balaban J connectivity index is 2.24. The quantitative estimate of drug-likeness (QED) is 0.740. The molecule has 0 saturated carbocycles. The molecule has 2 aromatic heterocycles. The average Bonchev–Trinajstić information content (AvgIpc) is 2.93. The first-order chi connectivity index (χ1) is 9.97. The standard InChI is InChI=1S/C15H13ClFN3O/c1-7-5-11(8(2)21-7)14-13(15(18)20-19-14)10-4-3-9(17)6-12(10)16/h3-6H,1-2H3,(H3,18,19,20). The van der Waals surface area contributed by atoms with Crippen LogP contribution in [0.3, 0.4) is 0 Å². The third-order valence-corrected chi connectivity index (χ3v) is 3.62. The third-order valence-electron chi connectivity index (χ3n) is 3.31. The predicted octanol–water partition coefficient (Wildman–Crippen LogP) is 4.33. The summed E-state index contributed by atoms with van der Waals surface area (Å²) in [5.41, 5.74) is 8.77. The van der Waals surface area contributed by atoms with Crippen molar-refractivity contribution in [3.8, 4) is 22.4 Å². The summed E-state index contributed by atoms with van der Waals surface area (Å²) in [6.45, 7) is 3.72. The molecule has 1 aromatic carbocycles. The molecule has 0 aliphatic heterocycles. The number of rotatable bonds is 2. The Morgan fingerprint density at radius 2 is 2.00 bits per heavy atom. The SMILES string of the molecule is Cc1cc(-c2[nH]nc(N)c2-c2ccc(F)cc2Cl)c(C)o1. The molecular formula is C15H13ClFN3O. The van der Waals surface area contributed by atoms with Crippen LogP contribution >= 0.6 is 11.6 Å². The maximum absolute atomic E-state index is 13.2. The summed E-state index contributed by atoms with van der Waals surface area (Å²) in [7, 11) is 0. The van der Waals surface area contributed by atoms with Crippen LogP contribution in [0.5, 0.6) is 0 Å². The van der Waals surface area contributed by atoms with Crippen molar-refractivity contribution in [2.24, 2.45) is 0 Å². The maximum Gasteiger partial charge on any atom is 0.153 e. The fourth-order valence-electron chi connectivity index (χ4n) is 2.39. The lowest BCUT2D eigenvalue weighted by molar-refractivity contribution is 0.505. The number of H-pyrrole nitrogens is 1. The fraction of sp³-hybridized carbons (Fsp3) is 0.133. The Kier molecular flexibility index (Phi) is 3.22. The number of halogens is 2. The van der Waals surface area contributed by atoms with E-state index in [4.69, 9.17) is 21.8 Å². The number of hydrogen-bond acceptors (Lipinski definition) is 3. The first-order valence-corrected chi connectivity index (χ1v) is 6.72. The number of aryl methyl sites for hydroxylation is 2. The zero-order valence-corrected chi connectivity index (χ0v) is 12.3. The lowest BCUT2D eigenvalue weighted by Gasteiger charge is -2.06. The predicted molar refractivity (Wildman–Crippen MR) is 80.6 cm³/mol. The van der Waals surface area contributed by atoms with E-state index in [0.717, 1.165) is 17.1 Å². The van der Waals surface area contributed by atoms with Crippen LogP contribution in [0.2, 0.25) is 5.02 Å². The topological polar surface area (TPSA) is 67.8 Å². The van der Waals surface area contributed by atoms with Crippen LogP contribution in [0.4, 0.5) is 10.2 Å². The molecule has 0 spiro atoms. The van der Waals surface area contributed by atoms with Crippen molar-refractivity contribution in [3.05, 3.63) is 46.6 Å². The van der Waals surface area contributed by atoms with Crippen molar-refractivity contribution in [1.29, 1.82) is 0 Å². The van der Waals surface area contributed by atoms with Crippen LogP contribution in [0.25, 0.3) is 22.4 Å². The smallest absolute Gasteiger partial charge is 0.153 e. The molecule has 3 aromatic rings. The zero-order chi connectivity index (χ0) is 15.1. The molecule has 4 nitrogen and oxygen atoms in total. The highest BCUT2D eigenvalue weighted by atomic mass is 35.5. The van der Waals surface area contributed by atoms with Crippen LogP contribution in [-0.2, 0) is 0 Å². The number of anilines is 1. The monoisotopic (exact) mass is 305 g/mol. The van der Waals surface area contributed by atoms with Gasteiger partial charge in [-0.2, -0.15) is 5.10 Å². The Morgan fingerprint density at radius 1 is 1.24 bits per heavy atom. The van der Waals surface area contributed by atoms with Crippen LogP contribution in [0.1, 0.15) is 11.5 Å². The number of aromatic nitrogens is 2. The van der Waals surface area contributed by atoms with Gasteiger partial charge in [0.2, 0.25) is 0 Å². The maximum atomic E-state index is 13.2. The summed E-state index contributed by atoms with van der Waals surface area (Å²) >= 11 is 6.14. The Labute approximate surface area is 125 Å². The number of hydrogen-bond donors (Lipinski definition) is 2. The van der Waals surface area contributed by atoms with E-state index in [2.05, 4.69) is 10.2 Å². The average molecular weight is 306 g/mol. The van der Waals surface area contributed by atoms with Gasteiger partial charge in [-0.15, -0.1) is 0 Å². The minimum absolute atomic E-state index is 0.280. The highest BCUT2D eigenvalue weighted by Gasteiger charge is 2.20. The van der Waals surface area contributed by atoms with E-state index < -0.39 is 5.82 Å². The summed E-state index contributed by atoms with van der Waals surface area (Å²) in [6.07, 6.45) is 0. The molecule has 0 amide bonds. The van der Waals surface area contributed by atoms with Crippen molar-refractivity contribution >= 4 is 17.4 Å². The minimum Gasteiger partial charge on any atom is -0.466 e. The first kappa shape index (κ1) is 13.7. The van der Waals surface area contributed by atoms with Crippen LogP contribution in [-0.4, -0.2) is 10.2 Å². The molecule has 0 radical (unpaired) electrons. The van der Waals surface area contributed by atoms with E-state index in [0.29, 0.717) is 22.6 Å². The summed E-state index contributed by atoms with van der Waals surface area (Å²) in [5.74, 6) is 1.43. The summed E-state index contributed by atoms with van der Waals surface area (Å²) in [6, 6.07) is 6.07. The molecule has 0 saturated heterocycles. The van der Waals surface area contributed by atoms with Crippen molar-refractivity contribution in [2.75, 3.05) is 5.73 Å². The normalized spacial score (nSPS) is 11.0. The number of nitrogens with zero attached hydrogens (tertiary/aromatic N) is 1. The van der Waals surface area contributed by atoms with Gasteiger partial charge in [-0.05, 0) is 38.1 Å². The van der Waals surface area contributed by atoms with Gasteiger partial charge >= 0.3 is 0 Å². The van der Waals surface area contributed by atoms with Crippen molar-refractivity contribution < 1.29 is 8.81 Å². The molecular weight excluding hydrogens is 293 g/mol.